The Balaban J connectivity index is 1.75. The predicted octanol–water partition coefficient (Wildman–Crippen LogP) is 2.52. The van der Waals surface area contributed by atoms with Crippen LogP contribution in [0, 0.1) is 5.92 Å². The Hall–Kier alpha value is -3.38. The highest BCUT2D eigenvalue weighted by atomic mass is 16.3. The number of para-hydroxylation sites is 1. The van der Waals surface area contributed by atoms with Crippen LogP contribution >= 0.6 is 0 Å². The van der Waals surface area contributed by atoms with Crippen LogP contribution in [0.15, 0.2) is 60.4 Å². The summed E-state index contributed by atoms with van der Waals surface area (Å²) in [4.78, 5) is 25.5. The first-order valence-electron chi connectivity index (χ1n) is 9.81. The van der Waals surface area contributed by atoms with Crippen LogP contribution in [0.3, 0.4) is 0 Å². The maximum atomic E-state index is 12.9. The van der Waals surface area contributed by atoms with E-state index in [1.807, 2.05) is 54.7 Å². The number of aromatic nitrogens is 1. The van der Waals surface area contributed by atoms with E-state index in [4.69, 9.17) is 0 Å². The van der Waals surface area contributed by atoms with Gasteiger partial charge in [-0.15, -0.1) is 0 Å². The molecule has 1 unspecified atom stereocenters. The van der Waals surface area contributed by atoms with Crippen molar-refractivity contribution in [1.82, 2.24) is 9.72 Å². The van der Waals surface area contributed by atoms with Gasteiger partial charge in [-0.2, -0.15) is 0 Å². The first-order chi connectivity index (χ1) is 14.2. The van der Waals surface area contributed by atoms with Gasteiger partial charge in [-0.25, -0.2) is 0 Å². The maximum Gasteiger partial charge on any atom is 0.275 e. The number of benzene rings is 1. The van der Waals surface area contributed by atoms with Gasteiger partial charge in [0, 0.05) is 29.7 Å². The zero-order chi connectivity index (χ0) is 20.0. The highest BCUT2D eigenvalue weighted by molar-refractivity contribution is 6.38. The van der Waals surface area contributed by atoms with Crippen molar-refractivity contribution in [1.29, 1.82) is 0 Å². The second-order valence-electron chi connectivity index (χ2n) is 7.57. The quantitative estimate of drug-likeness (QED) is 0.601. The van der Waals surface area contributed by atoms with Gasteiger partial charge in [-0.05, 0) is 55.0 Å². The Labute approximate surface area is 167 Å². The third-order valence-electron chi connectivity index (χ3n) is 5.82. The Morgan fingerprint density at radius 2 is 1.86 bits per heavy atom. The van der Waals surface area contributed by atoms with E-state index in [0.717, 1.165) is 40.9 Å². The molecule has 1 aromatic carbocycles. The number of imide groups is 1. The molecular formula is C23H21N3O3. The van der Waals surface area contributed by atoms with E-state index in [-0.39, 0.29) is 18.2 Å². The number of rotatable bonds is 4. The standard InChI is InChI=1S/C23H21N3O3/c27-13-14-9-10-17-16(12-14)19(18-8-4-5-11-26(17)18)20-21(23(29)25-22(20)28)24-15-6-2-1-3-7-15/h1-8,11,14,27H,9-10,12-13H2,(H2,24,25,28,29). The summed E-state index contributed by atoms with van der Waals surface area (Å²) in [6.45, 7) is 0.115. The molecule has 0 saturated carbocycles. The fourth-order valence-corrected chi connectivity index (χ4v) is 4.46. The molecule has 146 valence electrons. The maximum absolute atomic E-state index is 12.9. The second kappa shape index (κ2) is 6.90. The molecule has 0 bridgehead atoms. The zero-order valence-electron chi connectivity index (χ0n) is 15.8. The third kappa shape index (κ3) is 2.84. The highest BCUT2D eigenvalue weighted by Gasteiger charge is 2.37. The Kier molecular flexibility index (Phi) is 4.21. The molecule has 2 aliphatic rings. The van der Waals surface area contributed by atoms with E-state index in [2.05, 4.69) is 15.0 Å². The van der Waals surface area contributed by atoms with E-state index < -0.39 is 11.8 Å². The van der Waals surface area contributed by atoms with Crippen molar-refractivity contribution < 1.29 is 14.7 Å². The average Bonchev–Trinajstić information content (AvgIpc) is 3.21. The largest absolute Gasteiger partial charge is 0.396 e. The predicted molar refractivity (Wildman–Crippen MR) is 110 cm³/mol. The fourth-order valence-electron chi connectivity index (χ4n) is 4.46. The topological polar surface area (TPSA) is 82.8 Å². The summed E-state index contributed by atoms with van der Waals surface area (Å²) >= 11 is 0. The number of nitrogens with one attached hydrogen (secondary N) is 2. The molecule has 0 radical (unpaired) electrons. The van der Waals surface area contributed by atoms with E-state index in [9.17, 15) is 14.7 Å². The summed E-state index contributed by atoms with van der Waals surface area (Å²) in [7, 11) is 0. The molecule has 2 amide bonds. The summed E-state index contributed by atoms with van der Waals surface area (Å²) < 4.78 is 2.11. The van der Waals surface area contributed by atoms with Gasteiger partial charge in [-0.3, -0.25) is 14.9 Å². The van der Waals surface area contributed by atoms with Gasteiger partial charge in [0.2, 0.25) is 0 Å². The van der Waals surface area contributed by atoms with E-state index >= 15 is 0 Å². The molecule has 6 nitrogen and oxygen atoms in total. The number of aliphatic hydroxyl groups is 1. The van der Waals surface area contributed by atoms with Crippen molar-refractivity contribution in [3.05, 3.63) is 77.2 Å². The fraction of sp³-hybridized carbons (Fsp3) is 0.217. The van der Waals surface area contributed by atoms with Gasteiger partial charge in [0.15, 0.2) is 0 Å². The van der Waals surface area contributed by atoms with Gasteiger partial charge in [-0.1, -0.05) is 24.3 Å². The number of carbonyl (C=O) groups is 2. The molecule has 0 fully saturated rings. The molecule has 0 saturated heterocycles. The summed E-state index contributed by atoms with van der Waals surface area (Å²) in [6, 6.07) is 15.2. The molecule has 3 heterocycles. The Morgan fingerprint density at radius 1 is 1.07 bits per heavy atom. The molecule has 3 aromatic rings. The molecule has 0 spiro atoms. The average molecular weight is 387 g/mol. The molecule has 29 heavy (non-hydrogen) atoms. The molecule has 1 atom stereocenters. The zero-order valence-corrected chi connectivity index (χ0v) is 15.8. The summed E-state index contributed by atoms with van der Waals surface area (Å²) in [5, 5.41) is 15.3. The van der Waals surface area contributed by atoms with Crippen LogP contribution in [0.1, 0.15) is 23.2 Å². The lowest BCUT2D eigenvalue weighted by Gasteiger charge is -2.21. The van der Waals surface area contributed by atoms with Crippen LogP contribution < -0.4 is 10.6 Å². The van der Waals surface area contributed by atoms with Crippen LogP contribution in [0.5, 0.6) is 0 Å². The van der Waals surface area contributed by atoms with Crippen molar-refractivity contribution in [3.63, 3.8) is 0 Å². The number of nitrogens with zero attached hydrogens (tertiary/aromatic N) is 1. The minimum Gasteiger partial charge on any atom is -0.396 e. The lowest BCUT2D eigenvalue weighted by atomic mass is 9.84. The molecule has 3 N–H and O–H groups in total. The van der Waals surface area contributed by atoms with E-state index in [0.29, 0.717) is 12.0 Å². The normalized spacial score (nSPS) is 18.9. The number of aliphatic hydroxyl groups excluding tert-OH is 1. The number of hydrogen-bond donors (Lipinski definition) is 3. The SMILES string of the molecule is O=C1NC(=O)C(c2c3c(n4ccccc24)CCC(CO)C3)=C1Nc1ccccc1. The van der Waals surface area contributed by atoms with Gasteiger partial charge in [0.25, 0.3) is 11.8 Å². The lowest BCUT2D eigenvalue weighted by molar-refractivity contribution is -0.123. The van der Waals surface area contributed by atoms with Gasteiger partial charge in [0.1, 0.15) is 5.70 Å². The van der Waals surface area contributed by atoms with E-state index in [1.54, 1.807) is 0 Å². The van der Waals surface area contributed by atoms with Crippen LogP contribution in [-0.4, -0.2) is 27.9 Å². The monoisotopic (exact) mass is 387 g/mol. The molecule has 2 aromatic heterocycles. The van der Waals surface area contributed by atoms with Crippen molar-refractivity contribution in [2.45, 2.75) is 19.3 Å². The number of fused-ring (bicyclic) bond motifs is 3. The third-order valence-corrected chi connectivity index (χ3v) is 5.82. The lowest BCUT2D eigenvalue weighted by Crippen LogP contribution is -2.24. The number of carbonyl (C=O) groups excluding carboxylic acids is 2. The molecule has 1 aliphatic heterocycles. The van der Waals surface area contributed by atoms with Crippen molar-refractivity contribution in [3.8, 4) is 0 Å². The van der Waals surface area contributed by atoms with Crippen LogP contribution in [0.4, 0.5) is 5.69 Å². The minimum absolute atomic E-state index is 0.115. The van der Waals surface area contributed by atoms with Crippen molar-refractivity contribution >= 4 is 28.6 Å². The first kappa shape index (κ1) is 17.7. The van der Waals surface area contributed by atoms with Gasteiger partial charge in [0.05, 0.1) is 11.1 Å². The van der Waals surface area contributed by atoms with Crippen LogP contribution in [0.25, 0.3) is 11.1 Å². The number of anilines is 1. The molecule has 1 aliphatic carbocycles. The second-order valence-corrected chi connectivity index (χ2v) is 7.57. The summed E-state index contributed by atoms with van der Waals surface area (Å²) in [5.41, 5.74) is 5.29. The van der Waals surface area contributed by atoms with Gasteiger partial charge < -0.3 is 14.8 Å². The number of amides is 2. The number of aryl methyl sites for hydroxylation is 1. The Bertz CT molecular complexity index is 1160. The number of hydrogen-bond acceptors (Lipinski definition) is 4. The summed E-state index contributed by atoms with van der Waals surface area (Å²) in [5.74, 6) is -0.656. The number of pyridine rings is 1. The molecular weight excluding hydrogens is 366 g/mol. The van der Waals surface area contributed by atoms with Crippen molar-refractivity contribution in [2.24, 2.45) is 5.92 Å². The highest BCUT2D eigenvalue weighted by Crippen LogP contribution is 2.39. The minimum atomic E-state index is -0.424. The smallest absolute Gasteiger partial charge is 0.275 e. The first-order valence-corrected chi connectivity index (χ1v) is 9.81. The van der Waals surface area contributed by atoms with Crippen LogP contribution in [0.2, 0.25) is 0 Å². The molecule has 5 rings (SSSR count). The Morgan fingerprint density at radius 3 is 2.66 bits per heavy atom. The van der Waals surface area contributed by atoms with Crippen LogP contribution in [-0.2, 0) is 22.4 Å². The van der Waals surface area contributed by atoms with Gasteiger partial charge >= 0.3 is 0 Å². The van der Waals surface area contributed by atoms with E-state index in [1.165, 1.54) is 0 Å². The van der Waals surface area contributed by atoms with Crippen molar-refractivity contribution in [2.75, 3.05) is 11.9 Å². The molecule has 6 heteroatoms. The summed E-state index contributed by atoms with van der Waals surface area (Å²) in [6.07, 6.45) is 4.42.